The average molecular weight is 335 g/mol. The van der Waals surface area contributed by atoms with E-state index in [9.17, 15) is 18.0 Å². The second kappa shape index (κ2) is 7.28. The van der Waals surface area contributed by atoms with Crippen LogP contribution < -0.4 is 11.1 Å². The van der Waals surface area contributed by atoms with Crippen LogP contribution in [0.2, 0.25) is 5.02 Å². The van der Waals surface area contributed by atoms with Gasteiger partial charge in [-0.05, 0) is 18.2 Å². The third-order valence-electron chi connectivity index (χ3n) is 2.49. The van der Waals surface area contributed by atoms with Gasteiger partial charge in [0.25, 0.3) is 0 Å². The Kier molecular flexibility index (Phi) is 5.98. The molecule has 0 aliphatic heterocycles. The number of carbonyl (C=O) groups excluding carboxylic acids is 2. The Balaban J connectivity index is 2.56. The van der Waals surface area contributed by atoms with E-state index in [1.165, 1.54) is 12.1 Å². The molecule has 1 aromatic rings. The van der Waals surface area contributed by atoms with Crippen molar-refractivity contribution < 1.29 is 22.7 Å². The summed E-state index contributed by atoms with van der Waals surface area (Å²) in [4.78, 5) is 22.6. The first kappa shape index (κ1) is 17.3. The Morgan fingerprint density at radius 1 is 1.38 bits per heavy atom. The zero-order valence-electron chi connectivity index (χ0n) is 11.3. The number of esters is 1. The maximum atomic E-state index is 11.7. The van der Waals surface area contributed by atoms with Gasteiger partial charge in [-0.25, -0.2) is 8.42 Å². The Labute approximate surface area is 127 Å². The minimum atomic E-state index is -3.68. The quantitative estimate of drug-likeness (QED) is 0.588. The molecule has 0 spiro atoms. The van der Waals surface area contributed by atoms with Crippen molar-refractivity contribution >= 4 is 44.7 Å². The van der Waals surface area contributed by atoms with Gasteiger partial charge in [-0.3, -0.25) is 9.59 Å². The molecule has 0 aromatic heterocycles. The first-order valence-electron chi connectivity index (χ1n) is 5.85. The van der Waals surface area contributed by atoms with E-state index >= 15 is 0 Å². The number of hydrogen-bond donors (Lipinski definition) is 2. The van der Waals surface area contributed by atoms with Crippen molar-refractivity contribution in [2.75, 3.05) is 29.7 Å². The first-order chi connectivity index (χ1) is 9.73. The minimum Gasteiger partial charge on any atom is -0.468 e. The molecule has 1 amide bonds. The lowest BCUT2D eigenvalue weighted by Crippen LogP contribution is -2.23. The van der Waals surface area contributed by atoms with Gasteiger partial charge >= 0.3 is 5.97 Å². The SMILES string of the molecule is COC(=O)CS(=O)(=O)CCC(=O)Nc1ccc(Cl)cc1N. The smallest absolute Gasteiger partial charge is 0.320 e. The Hall–Kier alpha value is -1.80. The molecular formula is C12H15ClN2O5S. The third kappa shape index (κ3) is 6.01. The molecule has 0 heterocycles. The van der Waals surface area contributed by atoms with Crippen molar-refractivity contribution in [3.05, 3.63) is 23.2 Å². The predicted octanol–water partition coefficient (Wildman–Crippen LogP) is 0.839. The van der Waals surface area contributed by atoms with Crippen LogP contribution in [-0.2, 0) is 24.2 Å². The van der Waals surface area contributed by atoms with Crippen LogP contribution in [0.1, 0.15) is 6.42 Å². The maximum Gasteiger partial charge on any atom is 0.320 e. The summed E-state index contributed by atoms with van der Waals surface area (Å²) in [5.74, 6) is -2.60. The van der Waals surface area contributed by atoms with Gasteiger partial charge in [-0.1, -0.05) is 11.6 Å². The van der Waals surface area contributed by atoms with Crippen LogP contribution in [0.25, 0.3) is 0 Å². The van der Waals surface area contributed by atoms with Crippen LogP contribution in [0.5, 0.6) is 0 Å². The van der Waals surface area contributed by atoms with Crippen LogP contribution in [0, 0.1) is 0 Å². The lowest BCUT2D eigenvalue weighted by Gasteiger charge is -2.08. The second-order valence-electron chi connectivity index (χ2n) is 4.20. The largest absolute Gasteiger partial charge is 0.468 e. The van der Waals surface area contributed by atoms with Gasteiger partial charge < -0.3 is 15.8 Å². The lowest BCUT2D eigenvalue weighted by molar-refractivity contribution is -0.137. The molecule has 3 N–H and O–H groups in total. The minimum absolute atomic E-state index is 0.272. The van der Waals surface area contributed by atoms with E-state index < -0.39 is 33.2 Å². The van der Waals surface area contributed by atoms with E-state index in [0.717, 1.165) is 7.11 Å². The summed E-state index contributed by atoms with van der Waals surface area (Å²) in [5, 5.41) is 2.90. The van der Waals surface area contributed by atoms with Gasteiger partial charge in [0.15, 0.2) is 9.84 Å². The molecular weight excluding hydrogens is 320 g/mol. The fourth-order valence-corrected chi connectivity index (χ4v) is 2.72. The summed E-state index contributed by atoms with van der Waals surface area (Å²) >= 11 is 5.72. The Morgan fingerprint density at radius 3 is 2.62 bits per heavy atom. The van der Waals surface area contributed by atoms with Crippen LogP contribution in [0.15, 0.2) is 18.2 Å². The number of nitrogens with one attached hydrogen (secondary N) is 1. The number of benzene rings is 1. The fraction of sp³-hybridized carbons (Fsp3) is 0.333. The van der Waals surface area contributed by atoms with Crippen LogP contribution >= 0.6 is 11.6 Å². The maximum absolute atomic E-state index is 11.7. The Morgan fingerprint density at radius 2 is 2.05 bits per heavy atom. The summed E-state index contributed by atoms with van der Waals surface area (Å²) in [7, 11) is -2.59. The third-order valence-corrected chi connectivity index (χ3v) is 4.23. The number of nitrogens with two attached hydrogens (primary N) is 1. The summed E-state index contributed by atoms with van der Waals surface area (Å²) in [6, 6.07) is 4.52. The van der Waals surface area contributed by atoms with Gasteiger partial charge in [0.2, 0.25) is 5.91 Å². The van der Waals surface area contributed by atoms with Gasteiger partial charge in [0.1, 0.15) is 5.75 Å². The van der Waals surface area contributed by atoms with Crippen molar-refractivity contribution in [2.24, 2.45) is 0 Å². The number of rotatable bonds is 6. The summed E-state index contributed by atoms with van der Waals surface area (Å²) in [5.41, 5.74) is 6.27. The second-order valence-corrected chi connectivity index (χ2v) is 6.82. The zero-order valence-corrected chi connectivity index (χ0v) is 12.8. The van der Waals surface area contributed by atoms with Crippen molar-refractivity contribution in [3.63, 3.8) is 0 Å². The van der Waals surface area contributed by atoms with Crippen molar-refractivity contribution in [2.45, 2.75) is 6.42 Å². The summed E-state index contributed by atoms with van der Waals surface area (Å²) in [6.07, 6.45) is -0.290. The van der Waals surface area contributed by atoms with E-state index in [1.54, 1.807) is 6.07 Å². The number of hydrogen-bond acceptors (Lipinski definition) is 6. The van der Waals surface area contributed by atoms with Crippen molar-refractivity contribution in [3.8, 4) is 0 Å². The molecule has 21 heavy (non-hydrogen) atoms. The number of methoxy groups -OCH3 is 1. The van der Waals surface area contributed by atoms with Crippen LogP contribution in [0.3, 0.4) is 0 Å². The molecule has 0 aliphatic carbocycles. The van der Waals surface area contributed by atoms with E-state index in [-0.39, 0.29) is 12.1 Å². The molecule has 1 rings (SSSR count). The molecule has 116 valence electrons. The van der Waals surface area contributed by atoms with E-state index in [1.807, 2.05) is 0 Å². The number of ether oxygens (including phenoxy) is 1. The number of amides is 1. The molecule has 0 aliphatic rings. The molecule has 0 bridgehead atoms. The van der Waals surface area contributed by atoms with Crippen LogP contribution in [0.4, 0.5) is 11.4 Å². The molecule has 1 aromatic carbocycles. The molecule has 0 unspecified atom stereocenters. The van der Waals surface area contributed by atoms with E-state index in [0.29, 0.717) is 10.7 Å². The topological polar surface area (TPSA) is 116 Å². The van der Waals surface area contributed by atoms with E-state index in [4.69, 9.17) is 17.3 Å². The van der Waals surface area contributed by atoms with Crippen molar-refractivity contribution in [1.29, 1.82) is 0 Å². The molecule has 0 saturated carbocycles. The molecule has 0 radical (unpaired) electrons. The normalized spacial score (nSPS) is 11.0. The molecule has 0 atom stereocenters. The lowest BCUT2D eigenvalue weighted by atomic mass is 10.2. The number of nitrogen functional groups attached to an aromatic ring is 1. The summed E-state index contributed by atoms with van der Waals surface area (Å²) < 4.78 is 27.4. The van der Waals surface area contributed by atoms with Gasteiger partial charge in [0.05, 0.1) is 24.2 Å². The average Bonchev–Trinajstić information content (AvgIpc) is 2.39. The summed E-state index contributed by atoms with van der Waals surface area (Å²) in [6.45, 7) is 0. The molecule has 0 fully saturated rings. The molecule has 0 saturated heterocycles. The fourth-order valence-electron chi connectivity index (χ4n) is 1.42. The van der Waals surface area contributed by atoms with E-state index in [2.05, 4.69) is 10.1 Å². The van der Waals surface area contributed by atoms with Gasteiger partial charge in [-0.15, -0.1) is 0 Å². The molecule has 9 heteroatoms. The highest BCUT2D eigenvalue weighted by molar-refractivity contribution is 7.92. The monoisotopic (exact) mass is 334 g/mol. The van der Waals surface area contributed by atoms with Crippen LogP contribution in [-0.4, -0.2) is 38.9 Å². The van der Waals surface area contributed by atoms with Crippen molar-refractivity contribution in [1.82, 2.24) is 0 Å². The zero-order chi connectivity index (χ0) is 16.0. The standard InChI is InChI=1S/C12H15ClN2O5S/c1-20-12(17)7-21(18,19)5-4-11(16)15-10-3-2-8(13)6-9(10)14/h2-3,6H,4-5,7,14H2,1H3,(H,15,16). The molecule has 7 nitrogen and oxygen atoms in total. The number of carbonyl (C=O) groups is 2. The Bertz CT molecular complexity index is 645. The predicted molar refractivity (Wildman–Crippen MR) is 79.8 cm³/mol. The highest BCUT2D eigenvalue weighted by Gasteiger charge is 2.19. The first-order valence-corrected chi connectivity index (χ1v) is 8.05. The number of anilines is 2. The highest BCUT2D eigenvalue weighted by atomic mass is 35.5. The number of halogens is 1. The van der Waals surface area contributed by atoms with Gasteiger partial charge in [-0.2, -0.15) is 0 Å². The number of sulfone groups is 1. The highest BCUT2D eigenvalue weighted by Crippen LogP contribution is 2.22. The van der Waals surface area contributed by atoms with Gasteiger partial charge in [0, 0.05) is 11.4 Å².